The number of anilines is 4. The van der Waals surface area contributed by atoms with Crippen LogP contribution in [0.5, 0.6) is 0 Å². The maximum absolute atomic E-state index is 13.8. The summed E-state index contributed by atoms with van der Waals surface area (Å²) in [6, 6.07) is 13.0. The third-order valence-electron chi connectivity index (χ3n) is 3.65. The molecule has 2 heterocycles. The van der Waals surface area contributed by atoms with Gasteiger partial charge >= 0.3 is 0 Å². The number of nitrogens with zero attached hydrogens (tertiary/aromatic N) is 4. The minimum Gasteiger partial charge on any atom is -0.337 e. The highest BCUT2D eigenvalue weighted by atomic mass is 19.1. The molecule has 0 saturated heterocycles. The maximum atomic E-state index is 13.8. The summed E-state index contributed by atoms with van der Waals surface area (Å²) >= 11 is 0. The van der Waals surface area contributed by atoms with Crippen LogP contribution in [0.2, 0.25) is 0 Å². The maximum Gasteiger partial charge on any atom is 0.249 e. The Bertz CT molecular complexity index is 1060. The third kappa shape index (κ3) is 3.12. The minimum absolute atomic E-state index is 0.0350. The summed E-state index contributed by atoms with van der Waals surface area (Å²) in [4.78, 5) is 8.54. The smallest absolute Gasteiger partial charge is 0.249 e. The summed E-state index contributed by atoms with van der Waals surface area (Å²) < 4.78 is 27.5. The molecule has 0 spiro atoms. The molecule has 2 aromatic carbocycles. The molecule has 4 aromatic rings. The van der Waals surface area contributed by atoms with Crippen LogP contribution < -0.4 is 10.6 Å². The van der Waals surface area contributed by atoms with Crippen LogP contribution in [0.25, 0.3) is 10.9 Å². The van der Waals surface area contributed by atoms with E-state index in [1.807, 2.05) is 30.3 Å². The van der Waals surface area contributed by atoms with Gasteiger partial charge in [-0.3, -0.25) is 4.98 Å². The highest BCUT2D eigenvalue weighted by Crippen LogP contribution is 2.25. The number of benzene rings is 2. The highest BCUT2D eigenvalue weighted by molar-refractivity contribution is 5.91. The molecule has 0 aliphatic carbocycles. The van der Waals surface area contributed by atoms with E-state index in [9.17, 15) is 8.78 Å². The van der Waals surface area contributed by atoms with Gasteiger partial charge in [0.05, 0.1) is 17.4 Å². The number of nitrogens with one attached hydrogen (secondary N) is 2. The Morgan fingerprint density at radius 1 is 0.846 bits per heavy atom. The van der Waals surface area contributed by atoms with Crippen molar-refractivity contribution in [2.75, 3.05) is 10.6 Å². The molecule has 2 aromatic heterocycles. The highest BCUT2D eigenvalue weighted by Gasteiger charge is 2.11. The van der Waals surface area contributed by atoms with E-state index in [1.54, 1.807) is 6.20 Å². The van der Waals surface area contributed by atoms with Gasteiger partial charge in [0.15, 0.2) is 5.82 Å². The Morgan fingerprint density at radius 2 is 1.62 bits per heavy atom. The van der Waals surface area contributed by atoms with E-state index < -0.39 is 11.6 Å². The van der Waals surface area contributed by atoms with Gasteiger partial charge in [-0.05, 0) is 24.3 Å². The van der Waals surface area contributed by atoms with Gasteiger partial charge < -0.3 is 10.6 Å². The molecule has 0 atom stereocenters. The van der Waals surface area contributed by atoms with Crippen LogP contribution in [0.4, 0.5) is 31.9 Å². The van der Waals surface area contributed by atoms with Crippen LogP contribution in [0.1, 0.15) is 0 Å². The van der Waals surface area contributed by atoms with Crippen molar-refractivity contribution < 1.29 is 8.78 Å². The van der Waals surface area contributed by atoms with Gasteiger partial charge in [-0.25, -0.2) is 8.78 Å². The summed E-state index contributed by atoms with van der Waals surface area (Å²) in [6.45, 7) is 0. The fraction of sp³-hybridized carbons (Fsp3) is 0. The van der Waals surface area contributed by atoms with E-state index in [1.165, 1.54) is 12.3 Å². The van der Waals surface area contributed by atoms with Gasteiger partial charge in [0.1, 0.15) is 17.3 Å². The van der Waals surface area contributed by atoms with Crippen LogP contribution in [-0.4, -0.2) is 20.2 Å². The first-order valence-corrected chi connectivity index (χ1v) is 7.72. The van der Waals surface area contributed by atoms with Crippen LogP contribution in [0.15, 0.2) is 60.9 Å². The Labute approximate surface area is 147 Å². The average Bonchev–Trinajstić information content (AvgIpc) is 2.66. The van der Waals surface area contributed by atoms with E-state index >= 15 is 0 Å². The molecule has 0 bridgehead atoms. The number of pyridine rings is 1. The molecule has 0 saturated carbocycles. The number of halogens is 2. The van der Waals surface area contributed by atoms with Crippen LogP contribution in [0.3, 0.4) is 0 Å². The number of rotatable bonds is 4. The lowest BCUT2D eigenvalue weighted by atomic mass is 10.2. The van der Waals surface area contributed by atoms with Gasteiger partial charge in [-0.15, -0.1) is 5.10 Å². The van der Waals surface area contributed by atoms with Crippen molar-refractivity contribution in [3.8, 4) is 0 Å². The summed E-state index contributed by atoms with van der Waals surface area (Å²) in [6.07, 6.45) is 3.10. The lowest BCUT2D eigenvalue weighted by Gasteiger charge is -2.10. The Morgan fingerprint density at radius 3 is 2.46 bits per heavy atom. The second-order valence-corrected chi connectivity index (χ2v) is 5.39. The predicted octanol–water partition coefficient (Wildman–Crippen LogP) is 4.19. The van der Waals surface area contributed by atoms with E-state index in [0.717, 1.165) is 28.7 Å². The number of hydrogen-bond acceptors (Lipinski definition) is 6. The molecule has 0 radical (unpaired) electrons. The fourth-order valence-corrected chi connectivity index (χ4v) is 2.49. The summed E-state index contributed by atoms with van der Waals surface area (Å²) in [5.41, 5.74) is 1.16. The molecule has 0 fully saturated rings. The second-order valence-electron chi connectivity index (χ2n) is 5.39. The first kappa shape index (κ1) is 15.8. The predicted molar refractivity (Wildman–Crippen MR) is 94.5 cm³/mol. The molecular weight excluding hydrogens is 338 g/mol. The van der Waals surface area contributed by atoms with Crippen molar-refractivity contribution in [2.45, 2.75) is 0 Å². The number of hydrogen-bond donors (Lipinski definition) is 2. The van der Waals surface area contributed by atoms with Gasteiger partial charge in [-0.2, -0.15) is 10.1 Å². The minimum atomic E-state index is -0.745. The Hall–Kier alpha value is -3.68. The SMILES string of the molecule is Fc1cccc(F)c1Nc1nncc(Nc2cccc3cccnc23)n1. The first-order chi connectivity index (χ1) is 12.7. The van der Waals surface area contributed by atoms with E-state index in [4.69, 9.17) is 0 Å². The first-order valence-electron chi connectivity index (χ1n) is 7.72. The number of para-hydroxylation sites is 2. The molecule has 2 N–H and O–H groups in total. The zero-order chi connectivity index (χ0) is 17.9. The molecule has 0 aliphatic rings. The van der Waals surface area contributed by atoms with Gasteiger partial charge in [0, 0.05) is 11.6 Å². The van der Waals surface area contributed by atoms with Crippen molar-refractivity contribution in [2.24, 2.45) is 0 Å². The summed E-state index contributed by atoms with van der Waals surface area (Å²) in [5.74, 6) is -1.17. The van der Waals surface area contributed by atoms with Crippen LogP contribution in [-0.2, 0) is 0 Å². The zero-order valence-corrected chi connectivity index (χ0v) is 13.3. The normalized spacial score (nSPS) is 10.7. The van der Waals surface area contributed by atoms with Crippen molar-refractivity contribution in [3.63, 3.8) is 0 Å². The third-order valence-corrected chi connectivity index (χ3v) is 3.65. The molecule has 4 rings (SSSR count). The van der Waals surface area contributed by atoms with Crippen molar-refractivity contribution in [3.05, 3.63) is 72.6 Å². The summed E-state index contributed by atoms with van der Waals surface area (Å²) in [7, 11) is 0. The molecule has 0 amide bonds. The van der Waals surface area contributed by atoms with Crippen molar-refractivity contribution >= 4 is 34.0 Å². The lowest BCUT2D eigenvalue weighted by molar-refractivity contribution is 0.590. The zero-order valence-electron chi connectivity index (χ0n) is 13.3. The largest absolute Gasteiger partial charge is 0.337 e. The molecule has 0 aliphatic heterocycles. The van der Waals surface area contributed by atoms with Gasteiger partial charge in [0.25, 0.3) is 0 Å². The van der Waals surface area contributed by atoms with Crippen molar-refractivity contribution in [1.82, 2.24) is 20.2 Å². The van der Waals surface area contributed by atoms with E-state index in [0.29, 0.717) is 5.82 Å². The topological polar surface area (TPSA) is 75.6 Å². The number of fused-ring (bicyclic) bond motifs is 1. The fourth-order valence-electron chi connectivity index (χ4n) is 2.49. The summed E-state index contributed by atoms with van der Waals surface area (Å²) in [5, 5.41) is 14.1. The monoisotopic (exact) mass is 350 g/mol. The molecular formula is C18H12F2N6. The Balaban J connectivity index is 1.64. The lowest BCUT2D eigenvalue weighted by Crippen LogP contribution is -2.05. The van der Waals surface area contributed by atoms with Gasteiger partial charge in [0.2, 0.25) is 5.95 Å². The van der Waals surface area contributed by atoms with E-state index in [-0.39, 0.29) is 11.6 Å². The second kappa shape index (κ2) is 6.67. The average molecular weight is 350 g/mol. The van der Waals surface area contributed by atoms with Crippen LogP contribution >= 0.6 is 0 Å². The van der Waals surface area contributed by atoms with E-state index in [2.05, 4.69) is 30.8 Å². The molecule has 26 heavy (non-hydrogen) atoms. The quantitative estimate of drug-likeness (QED) is 0.575. The number of aromatic nitrogens is 4. The van der Waals surface area contributed by atoms with Crippen LogP contribution in [0, 0.1) is 11.6 Å². The molecule has 0 unspecified atom stereocenters. The standard InChI is InChI=1S/C18H12F2N6/c19-12-6-2-7-13(20)17(12)25-18-24-15(10-22-26-18)23-14-8-1-4-11-5-3-9-21-16(11)14/h1-10H,(H2,23,24,25,26). The molecule has 8 heteroatoms. The molecule has 128 valence electrons. The Kier molecular flexibility index (Phi) is 4.06. The molecule has 6 nitrogen and oxygen atoms in total. The van der Waals surface area contributed by atoms with Gasteiger partial charge in [-0.1, -0.05) is 24.3 Å². The van der Waals surface area contributed by atoms with Crippen molar-refractivity contribution in [1.29, 1.82) is 0 Å².